The first-order valence-corrected chi connectivity index (χ1v) is 10.9. The van der Waals surface area contributed by atoms with E-state index in [9.17, 15) is 9.59 Å². The highest BCUT2D eigenvalue weighted by atomic mass is 16.5. The van der Waals surface area contributed by atoms with Crippen molar-refractivity contribution >= 4 is 11.8 Å². The van der Waals surface area contributed by atoms with Crippen LogP contribution < -0.4 is 0 Å². The van der Waals surface area contributed by atoms with Crippen LogP contribution in [0, 0.1) is 45.8 Å². The summed E-state index contributed by atoms with van der Waals surface area (Å²) in [4.78, 5) is 24.2. The first kappa shape index (κ1) is 17.3. The Morgan fingerprint density at radius 3 is 2.38 bits per heavy atom. The molecule has 144 valence electrons. The lowest BCUT2D eigenvalue weighted by atomic mass is 9.45. The molecule has 0 aromatic heterocycles. The number of fused-ring (bicyclic) bond motifs is 4. The molecule has 0 aliphatic heterocycles. The maximum Gasteiger partial charge on any atom is 0.302 e. The Morgan fingerprint density at radius 1 is 0.962 bits per heavy atom. The van der Waals surface area contributed by atoms with E-state index in [0.717, 1.165) is 24.7 Å². The van der Waals surface area contributed by atoms with E-state index in [-0.39, 0.29) is 28.8 Å². The van der Waals surface area contributed by atoms with Gasteiger partial charge in [0.2, 0.25) is 0 Å². The zero-order valence-corrected chi connectivity index (χ0v) is 16.8. The number of hydrogen-bond acceptors (Lipinski definition) is 3. The molecule has 9 atom stereocenters. The molecule has 0 amide bonds. The lowest BCUT2D eigenvalue weighted by Crippen LogP contribution is -2.57. The highest BCUT2D eigenvalue weighted by molar-refractivity contribution is 5.79. The third-order valence-corrected chi connectivity index (χ3v) is 10.3. The van der Waals surface area contributed by atoms with E-state index in [1.165, 1.54) is 38.5 Å². The van der Waals surface area contributed by atoms with E-state index in [2.05, 4.69) is 13.8 Å². The fraction of sp³-hybridized carbons (Fsp3) is 0.913. The molecule has 0 aromatic carbocycles. The van der Waals surface area contributed by atoms with Crippen LogP contribution in [0.2, 0.25) is 0 Å². The van der Waals surface area contributed by atoms with Gasteiger partial charge in [-0.15, -0.1) is 0 Å². The monoisotopic (exact) mass is 358 g/mol. The Kier molecular flexibility index (Phi) is 3.41. The number of hydrogen-bond donors (Lipinski definition) is 0. The summed E-state index contributed by atoms with van der Waals surface area (Å²) >= 11 is 0. The van der Waals surface area contributed by atoms with Crippen LogP contribution in [0.15, 0.2) is 0 Å². The van der Waals surface area contributed by atoms with Crippen LogP contribution >= 0.6 is 0 Å². The summed E-state index contributed by atoms with van der Waals surface area (Å²) in [7, 11) is 0. The van der Waals surface area contributed by atoms with E-state index >= 15 is 0 Å². The summed E-state index contributed by atoms with van der Waals surface area (Å²) in [5.74, 6) is 3.38. The van der Waals surface area contributed by atoms with Crippen molar-refractivity contribution in [2.45, 2.75) is 85.2 Å². The molecule has 3 nitrogen and oxygen atoms in total. The minimum atomic E-state index is -0.102. The van der Waals surface area contributed by atoms with Gasteiger partial charge in [-0.3, -0.25) is 9.59 Å². The van der Waals surface area contributed by atoms with Gasteiger partial charge in [-0.1, -0.05) is 13.8 Å². The molecule has 5 rings (SSSR count). The van der Waals surface area contributed by atoms with Crippen LogP contribution in [0.5, 0.6) is 0 Å². The molecule has 0 radical (unpaired) electrons. The normalized spacial score (nSPS) is 56.8. The second-order valence-electron chi connectivity index (χ2n) is 10.9. The van der Waals surface area contributed by atoms with E-state index in [1.54, 1.807) is 13.8 Å². The van der Waals surface area contributed by atoms with E-state index in [1.807, 2.05) is 0 Å². The highest BCUT2D eigenvalue weighted by Crippen LogP contribution is 2.82. The zero-order chi connectivity index (χ0) is 18.5. The largest absolute Gasteiger partial charge is 0.462 e. The second-order valence-corrected chi connectivity index (χ2v) is 10.9. The molecule has 1 spiro atoms. The molecule has 5 saturated carbocycles. The van der Waals surface area contributed by atoms with E-state index < -0.39 is 0 Å². The van der Waals surface area contributed by atoms with Gasteiger partial charge in [-0.2, -0.15) is 0 Å². The smallest absolute Gasteiger partial charge is 0.302 e. The van der Waals surface area contributed by atoms with Gasteiger partial charge >= 0.3 is 5.97 Å². The Bertz CT molecular complexity index is 670. The summed E-state index contributed by atoms with van der Waals surface area (Å²) in [5, 5.41) is 0. The van der Waals surface area contributed by atoms with Crippen LogP contribution in [0.25, 0.3) is 0 Å². The number of ketones is 1. The van der Waals surface area contributed by atoms with Crippen LogP contribution in [-0.4, -0.2) is 17.9 Å². The quantitative estimate of drug-likeness (QED) is 0.668. The fourth-order valence-electron chi connectivity index (χ4n) is 9.29. The maximum absolute atomic E-state index is 12.3. The number of Topliss-reactive ketones (excluding diaryl/α,β-unsaturated/α-hetero) is 1. The standard InChI is InChI=1S/C23H34O3/c1-13(24)17-5-6-18-16-11-20(26-14(2)25)23-12-15(23)7-10-22(23,4)19(16)8-9-21(17,18)3/h15-20H,5-12H2,1-4H3/t15-,16-,17+,18-,19-,20+,21+,22+,23-/m0/s1. The van der Waals surface area contributed by atoms with Crippen LogP contribution in [0.3, 0.4) is 0 Å². The third-order valence-electron chi connectivity index (χ3n) is 10.3. The molecule has 3 heteroatoms. The van der Waals surface area contributed by atoms with Gasteiger partial charge in [-0.05, 0) is 92.8 Å². The first-order chi connectivity index (χ1) is 12.2. The molecule has 5 aliphatic rings. The van der Waals surface area contributed by atoms with Crippen molar-refractivity contribution in [2.24, 2.45) is 45.8 Å². The van der Waals surface area contributed by atoms with Crippen molar-refractivity contribution in [3.8, 4) is 0 Å². The number of carbonyl (C=O) groups excluding carboxylic acids is 2. The van der Waals surface area contributed by atoms with E-state index in [4.69, 9.17) is 4.74 Å². The Labute approximate surface area is 157 Å². The summed E-state index contributed by atoms with van der Waals surface area (Å²) < 4.78 is 6.01. The van der Waals surface area contributed by atoms with Gasteiger partial charge in [0.05, 0.1) is 0 Å². The minimum Gasteiger partial charge on any atom is -0.462 e. The number of carbonyl (C=O) groups is 2. The predicted molar refractivity (Wildman–Crippen MR) is 99.3 cm³/mol. The van der Waals surface area contributed by atoms with Crippen LogP contribution in [-0.2, 0) is 14.3 Å². The summed E-state index contributed by atoms with van der Waals surface area (Å²) in [5.41, 5.74) is 0.804. The number of ether oxygens (including phenoxy) is 1. The molecular formula is C23H34O3. The van der Waals surface area contributed by atoms with Crippen molar-refractivity contribution in [3.63, 3.8) is 0 Å². The lowest BCUT2D eigenvalue weighted by Gasteiger charge is -2.60. The summed E-state index contributed by atoms with van der Waals surface area (Å²) in [6.45, 7) is 8.32. The molecule has 0 N–H and O–H groups in total. The van der Waals surface area contributed by atoms with Crippen LogP contribution in [0.4, 0.5) is 0 Å². The molecule has 0 aromatic rings. The summed E-state index contributed by atoms with van der Waals surface area (Å²) in [6.07, 6.45) is 9.87. The van der Waals surface area contributed by atoms with Crippen LogP contribution in [0.1, 0.15) is 79.1 Å². The molecule has 26 heavy (non-hydrogen) atoms. The zero-order valence-electron chi connectivity index (χ0n) is 16.8. The van der Waals surface area contributed by atoms with Gasteiger partial charge < -0.3 is 4.74 Å². The Hall–Kier alpha value is -0.860. The maximum atomic E-state index is 12.3. The SMILES string of the molecule is CC(=O)O[C@@H]1C[C@H]2[C@@H]3CC[C@H](C(C)=O)[C@@]3(C)CC[C@@H]2[C@@]2(C)CC[C@H]3C[C@]312. The van der Waals surface area contributed by atoms with Crippen molar-refractivity contribution in [3.05, 3.63) is 0 Å². The Balaban J connectivity index is 1.52. The molecule has 5 aliphatic carbocycles. The van der Waals surface area contributed by atoms with Gasteiger partial charge in [0.25, 0.3) is 0 Å². The van der Waals surface area contributed by atoms with Gasteiger partial charge in [0.15, 0.2) is 0 Å². The van der Waals surface area contributed by atoms with Gasteiger partial charge in [0.1, 0.15) is 11.9 Å². The topological polar surface area (TPSA) is 43.4 Å². The Morgan fingerprint density at radius 2 is 1.73 bits per heavy atom. The van der Waals surface area contributed by atoms with Crippen molar-refractivity contribution in [1.29, 1.82) is 0 Å². The molecule has 0 unspecified atom stereocenters. The van der Waals surface area contributed by atoms with Crippen molar-refractivity contribution in [2.75, 3.05) is 0 Å². The average Bonchev–Trinajstić information content (AvgIpc) is 3.07. The first-order valence-electron chi connectivity index (χ1n) is 10.9. The summed E-state index contributed by atoms with van der Waals surface area (Å²) in [6, 6.07) is 0. The number of esters is 1. The van der Waals surface area contributed by atoms with Crippen molar-refractivity contribution in [1.82, 2.24) is 0 Å². The second kappa shape index (κ2) is 5.14. The molecule has 0 heterocycles. The molecule has 0 bridgehead atoms. The fourth-order valence-corrected chi connectivity index (χ4v) is 9.29. The molecular weight excluding hydrogens is 324 g/mol. The lowest BCUT2D eigenvalue weighted by molar-refractivity contribution is -0.181. The third kappa shape index (κ3) is 1.86. The number of rotatable bonds is 2. The van der Waals surface area contributed by atoms with E-state index in [0.29, 0.717) is 23.0 Å². The predicted octanol–water partition coefficient (Wildman–Crippen LogP) is 4.78. The van der Waals surface area contributed by atoms with Crippen molar-refractivity contribution < 1.29 is 14.3 Å². The van der Waals surface area contributed by atoms with Gasteiger partial charge in [-0.25, -0.2) is 0 Å². The molecule has 0 saturated heterocycles. The minimum absolute atomic E-state index is 0.102. The highest BCUT2D eigenvalue weighted by Gasteiger charge is 2.78. The molecule has 5 fully saturated rings. The van der Waals surface area contributed by atoms with Gasteiger partial charge in [0, 0.05) is 18.3 Å². The average molecular weight is 359 g/mol.